The van der Waals surface area contributed by atoms with Crippen molar-refractivity contribution in [3.8, 4) is 0 Å². The van der Waals surface area contributed by atoms with Crippen molar-refractivity contribution in [2.75, 3.05) is 20.6 Å². The lowest BCUT2D eigenvalue weighted by Gasteiger charge is -2.41. The Morgan fingerprint density at radius 3 is 2.70 bits per heavy atom. The Morgan fingerprint density at radius 2 is 2.15 bits per heavy atom. The van der Waals surface area contributed by atoms with Gasteiger partial charge >= 0.3 is 6.09 Å². The maximum absolute atomic E-state index is 13.2. The quantitative estimate of drug-likeness (QED) is 0.906. The van der Waals surface area contributed by atoms with Crippen LogP contribution in [-0.4, -0.2) is 47.7 Å². The van der Waals surface area contributed by atoms with Gasteiger partial charge in [-0.1, -0.05) is 6.07 Å². The van der Waals surface area contributed by atoms with Gasteiger partial charge in [0, 0.05) is 12.6 Å². The first-order valence-electron chi connectivity index (χ1n) is 6.82. The number of hydrogen-bond acceptors (Lipinski definition) is 2. The Morgan fingerprint density at radius 1 is 1.45 bits per heavy atom. The van der Waals surface area contributed by atoms with Gasteiger partial charge in [-0.15, -0.1) is 0 Å². The summed E-state index contributed by atoms with van der Waals surface area (Å²) in [7, 11) is 4.02. The zero-order valence-corrected chi connectivity index (χ0v) is 12.1. The average molecular weight is 280 g/mol. The summed E-state index contributed by atoms with van der Waals surface area (Å²) in [5.74, 6) is -0.284. The monoisotopic (exact) mass is 280 g/mol. The van der Waals surface area contributed by atoms with Gasteiger partial charge < -0.3 is 14.9 Å². The molecule has 1 aromatic carbocycles. The van der Waals surface area contributed by atoms with Crippen molar-refractivity contribution < 1.29 is 14.3 Å². The van der Waals surface area contributed by atoms with E-state index in [0.717, 1.165) is 24.0 Å². The predicted octanol–water partition coefficient (Wildman–Crippen LogP) is 2.88. The number of likely N-dealkylation sites (tertiary alicyclic amines) is 1. The van der Waals surface area contributed by atoms with Crippen molar-refractivity contribution in [3.63, 3.8) is 0 Å². The van der Waals surface area contributed by atoms with Gasteiger partial charge in [0.15, 0.2) is 0 Å². The largest absolute Gasteiger partial charge is 0.465 e. The Balaban J connectivity index is 2.33. The molecular weight excluding hydrogens is 259 g/mol. The van der Waals surface area contributed by atoms with Crippen LogP contribution in [0.1, 0.15) is 30.0 Å². The normalized spacial score (nSPS) is 23.1. The number of carbonyl (C=O) groups is 1. The van der Waals surface area contributed by atoms with Crippen molar-refractivity contribution in [2.45, 2.75) is 31.8 Å². The lowest BCUT2D eigenvalue weighted by atomic mass is 9.89. The van der Waals surface area contributed by atoms with Crippen molar-refractivity contribution >= 4 is 6.09 Å². The van der Waals surface area contributed by atoms with Crippen LogP contribution in [-0.2, 0) is 0 Å². The molecule has 1 aliphatic rings. The number of carboxylic acid groups (broad SMARTS) is 1. The van der Waals surface area contributed by atoms with E-state index in [-0.39, 0.29) is 11.9 Å². The van der Waals surface area contributed by atoms with E-state index in [0.29, 0.717) is 12.6 Å². The summed E-state index contributed by atoms with van der Waals surface area (Å²) in [6.45, 7) is 2.34. The molecule has 1 aromatic rings. The molecule has 1 aliphatic heterocycles. The van der Waals surface area contributed by atoms with E-state index in [9.17, 15) is 14.3 Å². The van der Waals surface area contributed by atoms with E-state index in [2.05, 4.69) is 4.90 Å². The lowest BCUT2D eigenvalue weighted by Crippen LogP contribution is -2.46. The highest BCUT2D eigenvalue weighted by Gasteiger charge is 2.34. The molecule has 1 heterocycles. The van der Waals surface area contributed by atoms with E-state index in [1.54, 1.807) is 6.07 Å². The molecule has 2 atom stereocenters. The van der Waals surface area contributed by atoms with Crippen LogP contribution in [0.3, 0.4) is 0 Å². The number of nitrogens with zero attached hydrogens (tertiary/aromatic N) is 2. The number of rotatable bonds is 2. The van der Waals surface area contributed by atoms with Gasteiger partial charge in [-0.25, -0.2) is 9.18 Å². The van der Waals surface area contributed by atoms with Crippen LogP contribution in [0.5, 0.6) is 0 Å². The zero-order chi connectivity index (χ0) is 14.9. The number of halogens is 1. The van der Waals surface area contributed by atoms with Crippen LogP contribution in [0.2, 0.25) is 0 Å². The molecule has 0 aromatic heterocycles. The molecule has 0 unspecified atom stereocenters. The van der Waals surface area contributed by atoms with E-state index in [1.807, 2.05) is 21.0 Å². The molecule has 0 spiro atoms. The fraction of sp³-hybridized carbons (Fsp3) is 0.533. The smallest absolute Gasteiger partial charge is 0.407 e. The molecular formula is C15H21FN2O2. The number of benzene rings is 1. The molecule has 1 amide bonds. The third-order valence-electron chi connectivity index (χ3n) is 4.14. The van der Waals surface area contributed by atoms with Crippen molar-refractivity contribution in [3.05, 3.63) is 35.1 Å². The Hall–Kier alpha value is -1.62. The number of amides is 1. The summed E-state index contributed by atoms with van der Waals surface area (Å²) >= 11 is 0. The highest BCUT2D eigenvalue weighted by molar-refractivity contribution is 5.66. The maximum Gasteiger partial charge on any atom is 0.407 e. The fourth-order valence-corrected chi connectivity index (χ4v) is 2.95. The molecule has 1 fully saturated rings. The van der Waals surface area contributed by atoms with Gasteiger partial charge in [0.2, 0.25) is 0 Å². The van der Waals surface area contributed by atoms with E-state index < -0.39 is 6.09 Å². The van der Waals surface area contributed by atoms with Crippen LogP contribution in [0.4, 0.5) is 9.18 Å². The average Bonchev–Trinajstić information content (AvgIpc) is 2.37. The molecule has 20 heavy (non-hydrogen) atoms. The molecule has 1 N–H and O–H groups in total. The van der Waals surface area contributed by atoms with Crippen LogP contribution in [0.25, 0.3) is 0 Å². The molecule has 110 valence electrons. The van der Waals surface area contributed by atoms with Crippen LogP contribution in [0, 0.1) is 12.7 Å². The van der Waals surface area contributed by atoms with Gasteiger partial charge in [-0.2, -0.15) is 0 Å². The first-order chi connectivity index (χ1) is 9.40. The van der Waals surface area contributed by atoms with Crippen molar-refractivity contribution in [1.29, 1.82) is 0 Å². The Bertz CT molecular complexity index is 505. The minimum atomic E-state index is -0.907. The van der Waals surface area contributed by atoms with Crippen LogP contribution >= 0.6 is 0 Å². The second-order valence-corrected chi connectivity index (χ2v) is 5.63. The number of aryl methyl sites for hydroxylation is 1. The molecule has 1 saturated heterocycles. The minimum absolute atomic E-state index is 0.200. The van der Waals surface area contributed by atoms with Crippen LogP contribution < -0.4 is 0 Å². The van der Waals surface area contributed by atoms with Gasteiger partial charge in [-0.05, 0) is 57.1 Å². The van der Waals surface area contributed by atoms with E-state index in [1.165, 1.54) is 17.0 Å². The maximum atomic E-state index is 13.2. The Kier molecular flexibility index (Phi) is 4.28. The van der Waals surface area contributed by atoms with Gasteiger partial charge in [-0.3, -0.25) is 0 Å². The third kappa shape index (κ3) is 2.93. The van der Waals surface area contributed by atoms with Gasteiger partial charge in [0.25, 0.3) is 0 Å². The third-order valence-corrected chi connectivity index (χ3v) is 4.14. The highest BCUT2D eigenvalue weighted by Crippen LogP contribution is 2.34. The molecule has 4 nitrogen and oxygen atoms in total. The number of piperidine rings is 1. The fourth-order valence-electron chi connectivity index (χ4n) is 2.95. The highest BCUT2D eigenvalue weighted by atomic mass is 19.1. The molecule has 0 radical (unpaired) electrons. The van der Waals surface area contributed by atoms with Crippen molar-refractivity contribution in [1.82, 2.24) is 9.80 Å². The zero-order valence-electron chi connectivity index (χ0n) is 12.1. The molecule has 2 rings (SSSR count). The van der Waals surface area contributed by atoms with E-state index >= 15 is 0 Å². The summed E-state index contributed by atoms with van der Waals surface area (Å²) < 4.78 is 13.2. The lowest BCUT2D eigenvalue weighted by molar-refractivity contribution is 0.0764. The van der Waals surface area contributed by atoms with Crippen molar-refractivity contribution in [2.24, 2.45) is 0 Å². The molecule has 5 heteroatoms. The summed E-state index contributed by atoms with van der Waals surface area (Å²) in [4.78, 5) is 15.0. The first-order valence-corrected chi connectivity index (χ1v) is 6.82. The molecule has 0 aliphatic carbocycles. The number of hydrogen-bond donors (Lipinski definition) is 1. The minimum Gasteiger partial charge on any atom is -0.465 e. The van der Waals surface area contributed by atoms with Gasteiger partial charge in [0.1, 0.15) is 5.82 Å². The van der Waals surface area contributed by atoms with E-state index in [4.69, 9.17) is 0 Å². The van der Waals surface area contributed by atoms with Crippen LogP contribution in [0.15, 0.2) is 18.2 Å². The summed E-state index contributed by atoms with van der Waals surface area (Å²) in [6.07, 6.45) is 0.665. The summed E-state index contributed by atoms with van der Waals surface area (Å²) in [5.41, 5.74) is 1.71. The predicted molar refractivity (Wildman–Crippen MR) is 75.3 cm³/mol. The van der Waals surface area contributed by atoms with Gasteiger partial charge in [0.05, 0.1) is 6.04 Å². The second-order valence-electron chi connectivity index (χ2n) is 5.63. The second kappa shape index (κ2) is 5.79. The summed E-state index contributed by atoms with van der Waals surface area (Å²) in [6, 6.07) is 4.73. The standard InChI is InChI=1S/C15H21FN2O2/c1-10-8-11(16)4-5-13(10)14-9-12(17(2)3)6-7-18(14)15(19)20/h4-5,8,12,14H,6-7,9H2,1-3H3,(H,19,20)/t12-,14-/m1/s1. The Labute approximate surface area is 118 Å². The topological polar surface area (TPSA) is 43.8 Å². The molecule has 0 bridgehead atoms. The SMILES string of the molecule is Cc1cc(F)ccc1[C@H]1C[C@H](N(C)C)CCN1C(=O)O. The summed E-state index contributed by atoms with van der Waals surface area (Å²) in [5, 5.41) is 9.38. The first kappa shape index (κ1) is 14.8. The molecule has 0 saturated carbocycles.